The Kier molecular flexibility index (Phi) is 4.44. The van der Waals surface area contributed by atoms with Gasteiger partial charge in [-0.2, -0.15) is 0 Å². The summed E-state index contributed by atoms with van der Waals surface area (Å²) in [7, 11) is 0. The first kappa shape index (κ1) is 16.3. The molecule has 1 aromatic rings. The van der Waals surface area contributed by atoms with E-state index in [2.05, 4.69) is 0 Å². The Morgan fingerprint density at radius 1 is 1.27 bits per heavy atom. The Balaban J connectivity index is 2.16. The lowest BCUT2D eigenvalue weighted by Gasteiger charge is -2.32. The van der Waals surface area contributed by atoms with Crippen molar-refractivity contribution >= 4 is 11.9 Å². The minimum atomic E-state index is -1.10. The summed E-state index contributed by atoms with van der Waals surface area (Å²) in [5.41, 5.74) is 1.15. The van der Waals surface area contributed by atoms with E-state index in [1.165, 1.54) is 4.90 Å². The van der Waals surface area contributed by atoms with Crippen LogP contribution < -0.4 is 4.74 Å². The van der Waals surface area contributed by atoms with Crippen molar-refractivity contribution in [3.8, 4) is 5.75 Å². The van der Waals surface area contributed by atoms with E-state index in [0.29, 0.717) is 25.1 Å². The fourth-order valence-electron chi connectivity index (χ4n) is 2.73. The number of hydrogen-bond donors (Lipinski definition) is 1. The molecule has 22 heavy (non-hydrogen) atoms. The normalized spacial score (nSPS) is 18.4. The lowest BCUT2D eigenvalue weighted by atomic mass is 10.1. The number of ether oxygens (including phenoxy) is 1. The number of carboxylic acids is 1. The minimum Gasteiger partial charge on any atom is -0.480 e. The maximum Gasteiger partial charge on any atom is 0.326 e. The minimum absolute atomic E-state index is 0.282. The van der Waals surface area contributed by atoms with Crippen molar-refractivity contribution in [3.63, 3.8) is 0 Å². The van der Waals surface area contributed by atoms with E-state index in [4.69, 9.17) is 4.74 Å². The van der Waals surface area contributed by atoms with Crippen molar-refractivity contribution in [2.24, 2.45) is 0 Å². The van der Waals surface area contributed by atoms with Crippen molar-refractivity contribution in [1.82, 2.24) is 4.90 Å². The first-order valence-corrected chi connectivity index (χ1v) is 7.52. The van der Waals surface area contributed by atoms with E-state index < -0.39 is 17.6 Å². The number of carbonyl (C=O) groups excluding carboxylic acids is 1. The van der Waals surface area contributed by atoms with Crippen LogP contribution in [-0.4, -0.2) is 40.1 Å². The highest BCUT2D eigenvalue weighted by atomic mass is 16.5. The summed E-state index contributed by atoms with van der Waals surface area (Å²) in [4.78, 5) is 25.3. The van der Waals surface area contributed by atoms with Gasteiger partial charge in [0.2, 0.25) is 0 Å². The third-order valence-electron chi connectivity index (χ3n) is 4.17. The molecule has 1 aliphatic heterocycles. The van der Waals surface area contributed by atoms with Gasteiger partial charge in [0, 0.05) is 6.54 Å². The van der Waals surface area contributed by atoms with Crippen molar-refractivity contribution in [3.05, 3.63) is 29.3 Å². The van der Waals surface area contributed by atoms with Crippen LogP contribution in [0, 0.1) is 13.8 Å². The van der Waals surface area contributed by atoms with Gasteiger partial charge in [-0.15, -0.1) is 0 Å². The van der Waals surface area contributed by atoms with Crippen LogP contribution in [0.1, 0.15) is 37.8 Å². The van der Waals surface area contributed by atoms with Gasteiger partial charge in [-0.05, 0) is 63.8 Å². The summed E-state index contributed by atoms with van der Waals surface area (Å²) < 4.78 is 5.86. The van der Waals surface area contributed by atoms with Gasteiger partial charge in [0.05, 0.1) is 0 Å². The lowest BCUT2D eigenvalue weighted by molar-refractivity contribution is -0.155. The molecule has 1 amide bonds. The van der Waals surface area contributed by atoms with Gasteiger partial charge in [0.25, 0.3) is 5.91 Å². The second kappa shape index (κ2) is 5.99. The van der Waals surface area contributed by atoms with Crippen LogP contribution in [0.15, 0.2) is 18.2 Å². The molecule has 1 heterocycles. The Morgan fingerprint density at radius 3 is 2.55 bits per heavy atom. The van der Waals surface area contributed by atoms with Crippen LogP contribution in [0.3, 0.4) is 0 Å². The molecule has 0 radical (unpaired) electrons. The van der Waals surface area contributed by atoms with Crippen molar-refractivity contribution in [1.29, 1.82) is 0 Å². The van der Waals surface area contributed by atoms with E-state index in [9.17, 15) is 14.7 Å². The standard InChI is InChI=1S/C17H23NO4/c1-11-7-8-13(10-12(11)2)22-17(3,4)16(21)18-9-5-6-14(18)15(19)20/h7-8,10,14H,5-6,9H2,1-4H3,(H,19,20). The average Bonchev–Trinajstić information content (AvgIpc) is 2.91. The molecule has 1 N–H and O–H groups in total. The molecule has 1 aliphatic rings. The second-order valence-corrected chi connectivity index (χ2v) is 6.35. The Morgan fingerprint density at radius 2 is 1.95 bits per heavy atom. The number of carboxylic acid groups (broad SMARTS) is 1. The Hall–Kier alpha value is -2.04. The van der Waals surface area contributed by atoms with Gasteiger partial charge >= 0.3 is 5.97 Å². The fourth-order valence-corrected chi connectivity index (χ4v) is 2.73. The zero-order valence-corrected chi connectivity index (χ0v) is 13.5. The number of aryl methyl sites for hydroxylation is 2. The molecule has 120 valence electrons. The smallest absolute Gasteiger partial charge is 0.326 e. The molecule has 1 atom stereocenters. The third kappa shape index (κ3) is 3.24. The van der Waals surface area contributed by atoms with Gasteiger partial charge in [0.15, 0.2) is 5.60 Å². The van der Waals surface area contributed by atoms with Crippen LogP contribution in [0.2, 0.25) is 0 Å². The number of hydrogen-bond acceptors (Lipinski definition) is 3. The van der Waals surface area contributed by atoms with E-state index in [1.807, 2.05) is 32.0 Å². The maximum atomic E-state index is 12.7. The molecule has 1 unspecified atom stereocenters. The number of carbonyl (C=O) groups is 2. The van der Waals surface area contributed by atoms with Crippen LogP contribution in [0.4, 0.5) is 0 Å². The van der Waals surface area contributed by atoms with Crippen molar-refractivity contribution in [2.75, 3.05) is 6.54 Å². The second-order valence-electron chi connectivity index (χ2n) is 6.35. The molecule has 0 spiro atoms. The molecule has 5 heteroatoms. The average molecular weight is 305 g/mol. The predicted molar refractivity (Wildman–Crippen MR) is 83.0 cm³/mol. The van der Waals surface area contributed by atoms with Gasteiger partial charge in [-0.25, -0.2) is 4.79 Å². The summed E-state index contributed by atoms with van der Waals surface area (Å²) in [5.74, 6) is -0.615. The number of benzene rings is 1. The molecule has 0 bridgehead atoms. The number of rotatable bonds is 4. The van der Waals surface area contributed by atoms with E-state index in [1.54, 1.807) is 13.8 Å². The summed E-state index contributed by atoms with van der Waals surface area (Å²) in [5, 5.41) is 9.22. The quantitative estimate of drug-likeness (QED) is 0.928. The van der Waals surface area contributed by atoms with Crippen LogP contribution in [0.25, 0.3) is 0 Å². The molecule has 1 saturated heterocycles. The van der Waals surface area contributed by atoms with Crippen LogP contribution in [-0.2, 0) is 9.59 Å². The Labute approximate surface area is 130 Å². The maximum absolute atomic E-state index is 12.7. The monoisotopic (exact) mass is 305 g/mol. The molecule has 1 fully saturated rings. The summed E-state index contributed by atoms with van der Waals surface area (Å²) in [6, 6.07) is 4.93. The molecule has 0 saturated carbocycles. The Bertz CT molecular complexity index is 594. The summed E-state index contributed by atoms with van der Waals surface area (Å²) in [6.07, 6.45) is 1.21. The number of likely N-dealkylation sites (tertiary alicyclic amines) is 1. The highest BCUT2D eigenvalue weighted by Gasteiger charge is 2.42. The highest BCUT2D eigenvalue weighted by molar-refractivity contribution is 5.89. The zero-order valence-electron chi connectivity index (χ0n) is 13.5. The SMILES string of the molecule is Cc1ccc(OC(C)(C)C(=O)N2CCCC2C(=O)O)cc1C. The molecule has 0 aromatic heterocycles. The first-order valence-electron chi connectivity index (χ1n) is 7.52. The molecule has 1 aromatic carbocycles. The van der Waals surface area contributed by atoms with E-state index in [-0.39, 0.29) is 5.91 Å². The predicted octanol–water partition coefficient (Wildman–Crippen LogP) is 2.54. The molecular weight excluding hydrogens is 282 g/mol. The van der Waals surface area contributed by atoms with E-state index in [0.717, 1.165) is 11.1 Å². The first-order chi connectivity index (χ1) is 10.2. The zero-order chi connectivity index (χ0) is 16.5. The van der Waals surface area contributed by atoms with Crippen molar-refractivity contribution in [2.45, 2.75) is 52.2 Å². The number of nitrogens with zero attached hydrogens (tertiary/aromatic N) is 1. The topological polar surface area (TPSA) is 66.8 Å². The third-order valence-corrected chi connectivity index (χ3v) is 4.17. The lowest BCUT2D eigenvalue weighted by Crippen LogP contribution is -2.52. The van der Waals surface area contributed by atoms with Crippen LogP contribution >= 0.6 is 0 Å². The van der Waals surface area contributed by atoms with Gasteiger partial charge in [-0.1, -0.05) is 6.07 Å². The highest BCUT2D eigenvalue weighted by Crippen LogP contribution is 2.26. The fraction of sp³-hybridized carbons (Fsp3) is 0.529. The molecule has 0 aliphatic carbocycles. The van der Waals surface area contributed by atoms with Gasteiger partial charge < -0.3 is 14.7 Å². The van der Waals surface area contributed by atoms with E-state index >= 15 is 0 Å². The van der Waals surface area contributed by atoms with Gasteiger partial charge in [-0.3, -0.25) is 4.79 Å². The number of aliphatic carboxylic acids is 1. The van der Waals surface area contributed by atoms with Crippen molar-refractivity contribution < 1.29 is 19.4 Å². The summed E-state index contributed by atoms with van der Waals surface area (Å²) >= 11 is 0. The van der Waals surface area contributed by atoms with Gasteiger partial charge in [0.1, 0.15) is 11.8 Å². The molecule has 2 rings (SSSR count). The van der Waals surface area contributed by atoms with Crippen LogP contribution in [0.5, 0.6) is 5.75 Å². The molecular formula is C17H23NO4. The largest absolute Gasteiger partial charge is 0.480 e. The molecule has 5 nitrogen and oxygen atoms in total. The number of amides is 1. The summed E-state index contributed by atoms with van der Waals surface area (Å²) in [6.45, 7) is 7.83.